The summed E-state index contributed by atoms with van der Waals surface area (Å²) < 4.78 is 0. The number of hydrogen-bond donors (Lipinski definition) is 1. The first-order valence-electron chi connectivity index (χ1n) is 3.00. The van der Waals surface area contributed by atoms with E-state index in [0.29, 0.717) is 5.65 Å². The number of aryl methyl sites for hydroxylation is 1. The maximum Gasteiger partial charge on any atom is 0.199 e. The molecule has 0 aliphatic rings. The Labute approximate surface area is 57.3 Å². The van der Waals surface area contributed by atoms with Gasteiger partial charge in [0.15, 0.2) is 5.65 Å². The first kappa shape index (κ1) is 5.34. The number of imidazole rings is 1. The van der Waals surface area contributed by atoms with Gasteiger partial charge in [-0.25, -0.2) is 4.98 Å². The van der Waals surface area contributed by atoms with Gasteiger partial charge in [-0.2, -0.15) is 5.10 Å². The fourth-order valence-corrected chi connectivity index (χ4v) is 0.847. The van der Waals surface area contributed by atoms with Crippen molar-refractivity contribution >= 4 is 11.2 Å². The molecule has 4 nitrogen and oxygen atoms in total. The smallest absolute Gasteiger partial charge is 0.199 e. The summed E-state index contributed by atoms with van der Waals surface area (Å²) in [5, 5.41) is 7.70. The lowest BCUT2D eigenvalue weighted by Gasteiger charge is -1.86. The van der Waals surface area contributed by atoms with E-state index in [1.165, 1.54) is 0 Å². The van der Waals surface area contributed by atoms with Crippen molar-refractivity contribution in [1.29, 1.82) is 0 Å². The number of H-pyrrole nitrogens is 1. The van der Waals surface area contributed by atoms with Gasteiger partial charge in [-0.1, -0.05) is 0 Å². The third-order valence-electron chi connectivity index (χ3n) is 1.30. The Kier molecular flexibility index (Phi) is 0.943. The van der Waals surface area contributed by atoms with Crippen LogP contribution in [0.25, 0.3) is 11.2 Å². The quantitative estimate of drug-likeness (QED) is 0.575. The molecule has 0 radical (unpaired) electrons. The molecule has 2 rings (SSSR count). The van der Waals surface area contributed by atoms with E-state index in [2.05, 4.69) is 20.2 Å². The summed E-state index contributed by atoms with van der Waals surface area (Å²) in [6, 6.07) is 1.91. The second-order valence-corrected chi connectivity index (χ2v) is 2.13. The summed E-state index contributed by atoms with van der Waals surface area (Å²) in [7, 11) is 0. The van der Waals surface area contributed by atoms with Crippen LogP contribution in [0.2, 0.25) is 0 Å². The van der Waals surface area contributed by atoms with Crippen LogP contribution in [0, 0.1) is 6.92 Å². The van der Waals surface area contributed by atoms with E-state index in [1.54, 1.807) is 6.33 Å². The zero-order valence-electron chi connectivity index (χ0n) is 5.50. The van der Waals surface area contributed by atoms with Crippen molar-refractivity contribution in [1.82, 2.24) is 20.2 Å². The molecule has 0 unspecified atom stereocenters. The van der Waals surface area contributed by atoms with Crippen LogP contribution in [0.5, 0.6) is 0 Å². The van der Waals surface area contributed by atoms with E-state index in [-0.39, 0.29) is 0 Å². The van der Waals surface area contributed by atoms with E-state index in [0.717, 1.165) is 11.2 Å². The number of rotatable bonds is 0. The van der Waals surface area contributed by atoms with E-state index in [4.69, 9.17) is 0 Å². The highest BCUT2D eigenvalue weighted by molar-refractivity contribution is 5.68. The van der Waals surface area contributed by atoms with Crippen molar-refractivity contribution in [2.45, 2.75) is 6.92 Å². The minimum atomic E-state index is 0.672. The highest BCUT2D eigenvalue weighted by atomic mass is 15.1. The molecular weight excluding hydrogens is 128 g/mol. The van der Waals surface area contributed by atoms with Crippen LogP contribution in [0.4, 0.5) is 0 Å². The number of nitrogens with one attached hydrogen (secondary N) is 1. The monoisotopic (exact) mass is 134 g/mol. The average Bonchev–Trinajstić information content (AvgIpc) is 2.33. The SMILES string of the molecule is Cc1cc2[nH]cnc2nn1. The Balaban J connectivity index is 2.86. The van der Waals surface area contributed by atoms with E-state index in [1.807, 2.05) is 13.0 Å². The molecule has 0 saturated carbocycles. The molecule has 0 saturated heterocycles. The van der Waals surface area contributed by atoms with E-state index < -0.39 is 0 Å². The minimum Gasteiger partial charge on any atom is -0.343 e. The molecule has 0 amide bonds. The molecule has 50 valence electrons. The summed E-state index contributed by atoms with van der Waals surface area (Å²) >= 11 is 0. The summed E-state index contributed by atoms with van der Waals surface area (Å²) in [6.45, 7) is 1.90. The zero-order chi connectivity index (χ0) is 6.97. The van der Waals surface area contributed by atoms with Crippen LogP contribution in [-0.2, 0) is 0 Å². The number of nitrogens with zero attached hydrogens (tertiary/aromatic N) is 3. The number of aromatic amines is 1. The van der Waals surface area contributed by atoms with Crippen LogP contribution >= 0.6 is 0 Å². The number of fused-ring (bicyclic) bond motifs is 1. The summed E-state index contributed by atoms with van der Waals surface area (Å²) in [6.07, 6.45) is 1.61. The van der Waals surface area contributed by atoms with Gasteiger partial charge in [0.1, 0.15) is 0 Å². The number of aromatic nitrogens is 4. The van der Waals surface area contributed by atoms with Crippen molar-refractivity contribution in [3.05, 3.63) is 18.1 Å². The van der Waals surface area contributed by atoms with Crippen LogP contribution in [0.3, 0.4) is 0 Å². The predicted molar refractivity (Wildman–Crippen MR) is 36.4 cm³/mol. The van der Waals surface area contributed by atoms with Crippen LogP contribution in [-0.4, -0.2) is 20.2 Å². The molecule has 0 fully saturated rings. The van der Waals surface area contributed by atoms with Gasteiger partial charge in [0.25, 0.3) is 0 Å². The molecule has 0 atom stereocenters. The van der Waals surface area contributed by atoms with Crippen molar-refractivity contribution in [2.24, 2.45) is 0 Å². The largest absolute Gasteiger partial charge is 0.343 e. The summed E-state index contributed by atoms with van der Waals surface area (Å²) in [4.78, 5) is 6.88. The fraction of sp³-hybridized carbons (Fsp3) is 0.167. The summed E-state index contributed by atoms with van der Waals surface area (Å²) in [5.74, 6) is 0. The predicted octanol–water partition coefficient (Wildman–Crippen LogP) is 0.661. The molecule has 4 heteroatoms. The maximum atomic E-state index is 3.93. The van der Waals surface area contributed by atoms with Gasteiger partial charge in [0.05, 0.1) is 17.5 Å². The molecule has 0 spiro atoms. The molecule has 2 aromatic heterocycles. The highest BCUT2D eigenvalue weighted by Gasteiger charge is 1.95. The second kappa shape index (κ2) is 1.76. The maximum absolute atomic E-state index is 3.93. The van der Waals surface area contributed by atoms with Crippen LogP contribution < -0.4 is 0 Å². The third-order valence-corrected chi connectivity index (χ3v) is 1.30. The Morgan fingerprint density at radius 3 is 3.20 bits per heavy atom. The molecule has 0 aromatic carbocycles. The van der Waals surface area contributed by atoms with Crippen molar-refractivity contribution < 1.29 is 0 Å². The minimum absolute atomic E-state index is 0.672. The van der Waals surface area contributed by atoms with Gasteiger partial charge in [-0.15, -0.1) is 5.10 Å². The Morgan fingerprint density at radius 1 is 1.40 bits per heavy atom. The molecular formula is C6H6N4. The Hall–Kier alpha value is -1.45. The first-order valence-corrected chi connectivity index (χ1v) is 3.00. The van der Waals surface area contributed by atoms with Gasteiger partial charge < -0.3 is 4.98 Å². The molecule has 2 aromatic rings. The van der Waals surface area contributed by atoms with Crippen LogP contribution in [0.1, 0.15) is 5.69 Å². The molecule has 2 heterocycles. The molecule has 10 heavy (non-hydrogen) atoms. The van der Waals surface area contributed by atoms with Gasteiger partial charge in [0.2, 0.25) is 0 Å². The fourth-order valence-electron chi connectivity index (χ4n) is 0.847. The number of hydrogen-bond acceptors (Lipinski definition) is 3. The standard InChI is InChI=1S/C6H6N4/c1-4-2-5-6(10-9-4)8-3-7-5/h2-3H,1H3,(H,7,8,10). The van der Waals surface area contributed by atoms with Gasteiger partial charge in [-0.05, 0) is 13.0 Å². The lowest BCUT2D eigenvalue weighted by Crippen LogP contribution is -1.85. The highest BCUT2D eigenvalue weighted by Crippen LogP contribution is 2.03. The Morgan fingerprint density at radius 2 is 2.30 bits per heavy atom. The average molecular weight is 134 g/mol. The molecule has 1 N–H and O–H groups in total. The molecule has 0 aliphatic heterocycles. The van der Waals surface area contributed by atoms with Crippen molar-refractivity contribution in [3.63, 3.8) is 0 Å². The third kappa shape index (κ3) is 0.655. The van der Waals surface area contributed by atoms with Gasteiger partial charge >= 0.3 is 0 Å². The van der Waals surface area contributed by atoms with Crippen molar-refractivity contribution in [2.75, 3.05) is 0 Å². The topological polar surface area (TPSA) is 54.5 Å². The summed E-state index contributed by atoms with van der Waals surface area (Å²) in [5.41, 5.74) is 2.51. The first-order chi connectivity index (χ1) is 4.86. The second-order valence-electron chi connectivity index (χ2n) is 2.13. The van der Waals surface area contributed by atoms with E-state index >= 15 is 0 Å². The molecule has 0 aliphatic carbocycles. The van der Waals surface area contributed by atoms with Gasteiger partial charge in [-0.3, -0.25) is 0 Å². The lowest BCUT2D eigenvalue weighted by atomic mass is 10.4. The van der Waals surface area contributed by atoms with Crippen molar-refractivity contribution in [3.8, 4) is 0 Å². The lowest BCUT2D eigenvalue weighted by molar-refractivity contribution is 1.01. The van der Waals surface area contributed by atoms with E-state index in [9.17, 15) is 0 Å². The Bertz CT molecular complexity index is 351. The van der Waals surface area contributed by atoms with Gasteiger partial charge in [0, 0.05) is 0 Å². The zero-order valence-corrected chi connectivity index (χ0v) is 5.50. The van der Waals surface area contributed by atoms with Crippen LogP contribution in [0.15, 0.2) is 12.4 Å². The normalized spacial score (nSPS) is 10.5. The molecule has 0 bridgehead atoms.